The third-order valence-corrected chi connectivity index (χ3v) is 3.97. The zero-order chi connectivity index (χ0) is 19.6. The highest BCUT2D eigenvalue weighted by atomic mass is 16.2. The first kappa shape index (κ1) is 20.0. The molecule has 0 spiro atoms. The molecule has 0 unspecified atom stereocenters. The summed E-state index contributed by atoms with van der Waals surface area (Å²) < 4.78 is 0. The van der Waals surface area contributed by atoms with Crippen LogP contribution in [0.1, 0.15) is 41.8 Å². The van der Waals surface area contributed by atoms with E-state index in [4.69, 9.17) is 5.26 Å². The van der Waals surface area contributed by atoms with Gasteiger partial charge in [0.05, 0.1) is 11.6 Å². The van der Waals surface area contributed by atoms with Crippen molar-refractivity contribution in [2.24, 2.45) is 0 Å². The highest BCUT2D eigenvalue weighted by Crippen LogP contribution is 2.13. The number of carbonyl (C=O) groups is 2. The second-order valence-electron chi connectivity index (χ2n) is 6.10. The molecule has 0 saturated heterocycles. The van der Waals surface area contributed by atoms with E-state index < -0.39 is 0 Å². The monoisotopic (exact) mass is 364 g/mol. The lowest BCUT2D eigenvalue weighted by Crippen LogP contribution is -2.35. The van der Waals surface area contributed by atoms with Crippen molar-refractivity contribution in [3.05, 3.63) is 65.2 Å². The summed E-state index contributed by atoms with van der Waals surface area (Å²) in [5, 5.41) is 14.5. The number of benzene rings is 2. The van der Waals surface area contributed by atoms with E-state index in [2.05, 4.69) is 16.7 Å². The van der Waals surface area contributed by atoms with Gasteiger partial charge in [-0.1, -0.05) is 19.1 Å². The molecule has 0 radical (unpaired) electrons. The molecule has 0 saturated carbocycles. The number of hydrogen-bond donors (Lipinski definition) is 2. The molecule has 0 atom stereocenters. The Bertz CT molecular complexity index is 808. The predicted molar refractivity (Wildman–Crippen MR) is 105 cm³/mol. The molecule has 0 aliphatic heterocycles. The third-order valence-electron chi connectivity index (χ3n) is 3.97. The van der Waals surface area contributed by atoms with Crippen LogP contribution in [-0.4, -0.2) is 29.9 Å². The molecule has 2 aromatic rings. The molecule has 140 valence electrons. The minimum Gasteiger partial charge on any atom is -0.352 e. The fourth-order valence-corrected chi connectivity index (χ4v) is 2.60. The Morgan fingerprint density at radius 1 is 1.04 bits per heavy atom. The quantitative estimate of drug-likeness (QED) is 0.784. The van der Waals surface area contributed by atoms with Crippen molar-refractivity contribution in [1.82, 2.24) is 10.2 Å². The van der Waals surface area contributed by atoms with Crippen LogP contribution in [-0.2, 0) is 6.54 Å². The zero-order valence-electron chi connectivity index (χ0n) is 15.7. The van der Waals surface area contributed by atoms with E-state index in [1.54, 1.807) is 41.3 Å². The summed E-state index contributed by atoms with van der Waals surface area (Å²) in [6.45, 7) is 5.52. The van der Waals surface area contributed by atoms with Gasteiger partial charge >= 0.3 is 6.03 Å². The van der Waals surface area contributed by atoms with Crippen molar-refractivity contribution in [1.29, 1.82) is 5.26 Å². The molecule has 0 aliphatic carbocycles. The summed E-state index contributed by atoms with van der Waals surface area (Å²) >= 11 is 0. The number of anilines is 1. The molecule has 0 aliphatic rings. The molecule has 6 nitrogen and oxygen atoms in total. The number of urea groups is 1. The van der Waals surface area contributed by atoms with Crippen LogP contribution in [0.5, 0.6) is 0 Å². The lowest BCUT2D eigenvalue weighted by atomic mass is 10.1. The van der Waals surface area contributed by atoms with Crippen LogP contribution in [0.2, 0.25) is 0 Å². The molecule has 2 rings (SSSR count). The fraction of sp³-hybridized carbons (Fsp3) is 0.286. The van der Waals surface area contributed by atoms with Gasteiger partial charge in [0.25, 0.3) is 5.91 Å². The first-order valence-electron chi connectivity index (χ1n) is 9.00. The third kappa shape index (κ3) is 5.86. The minimum atomic E-state index is -0.202. The van der Waals surface area contributed by atoms with Crippen molar-refractivity contribution >= 4 is 17.6 Å². The largest absolute Gasteiger partial charge is 0.352 e. The Balaban J connectivity index is 2.03. The van der Waals surface area contributed by atoms with Gasteiger partial charge in [-0.25, -0.2) is 4.79 Å². The highest BCUT2D eigenvalue weighted by Gasteiger charge is 2.14. The van der Waals surface area contributed by atoms with Crippen molar-refractivity contribution in [2.45, 2.75) is 26.8 Å². The molecule has 0 aromatic heterocycles. The normalized spacial score (nSPS) is 9.96. The van der Waals surface area contributed by atoms with Gasteiger partial charge in [-0.2, -0.15) is 5.26 Å². The number of nitriles is 1. The Morgan fingerprint density at radius 3 is 2.26 bits per heavy atom. The number of hydrogen-bond acceptors (Lipinski definition) is 3. The molecule has 27 heavy (non-hydrogen) atoms. The minimum absolute atomic E-state index is 0.135. The van der Waals surface area contributed by atoms with E-state index in [-0.39, 0.29) is 11.9 Å². The summed E-state index contributed by atoms with van der Waals surface area (Å²) in [6, 6.07) is 15.9. The van der Waals surface area contributed by atoms with Gasteiger partial charge in [-0.15, -0.1) is 0 Å². The molecule has 0 heterocycles. The van der Waals surface area contributed by atoms with Crippen molar-refractivity contribution < 1.29 is 9.59 Å². The van der Waals surface area contributed by atoms with Crippen LogP contribution < -0.4 is 10.6 Å². The highest BCUT2D eigenvalue weighted by molar-refractivity contribution is 5.95. The smallest absolute Gasteiger partial charge is 0.322 e. The number of rotatable bonds is 7. The van der Waals surface area contributed by atoms with Gasteiger partial charge in [0, 0.05) is 30.9 Å². The second kappa shape index (κ2) is 9.97. The number of amides is 3. The molecule has 6 heteroatoms. The summed E-state index contributed by atoms with van der Waals surface area (Å²) in [5.74, 6) is -0.135. The van der Waals surface area contributed by atoms with Crippen LogP contribution in [0.15, 0.2) is 48.5 Å². The number of nitrogens with zero attached hydrogens (tertiary/aromatic N) is 2. The Labute approximate surface area is 159 Å². The van der Waals surface area contributed by atoms with Gasteiger partial charge in [0.1, 0.15) is 0 Å². The fourth-order valence-electron chi connectivity index (χ4n) is 2.60. The summed E-state index contributed by atoms with van der Waals surface area (Å²) in [5.41, 5.74) is 2.74. The van der Waals surface area contributed by atoms with Gasteiger partial charge < -0.3 is 15.5 Å². The van der Waals surface area contributed by atoms with E-state index in [9.17, 15) is 9.59 Å². The molecular formula is C21H24N4O2. The van der Waals surface area contributed by atoms with Gasteiger partial charge in [0.2, 0.25) is 0 Å². The van der Waals surface area contributed by atoms with Gasteiger partial charge in [-0.3, -0.25) is 4.79 Å². The lowest BCUT2D eigenvalue weighted by Gasteiger charge is -2.23. The lowest BCUT2D eigenvalue weighted by molar-refractivity contribution is 0.0956. The molecule has 2 aromatic carbocycles. The SMILES string of the molecule is CCCN(Cc1ccc(C#N)cc1)C(=O)Nc1ccc(C(=O)NCC)cc1. The maximum atomic E-state index is 12.6. The van der Waals surface area contributed by atoms with E-state index in [1.807, 2.05) is 26.0 Å². The first-order chi connectivity index (χ1) is 13.1. The molecule has 2 N–H and O–H groups in total. The van der Waals surface area contributed by atoms with Crippen LogP contribution in [0, 0.1) is 11.3 Å². The molecule has 0 fully saturated rings. The van der Waals surface area contributed by atoms with Crippen LogP contribution in [0.4, 0.5) is 10.5 Å². The molecule has 3 amide bonds. The Morgan fingerprint density at radius 2 is 1.70 bits per heavy atom. The van der Waals surface area contributed by atoms with E-state index in [1.165, 1.54) is 0 Å². The van der Waals surface area contributed by atoms with Gasteiger partial charge in [0.15, 0.2) is 0 Å². The van der Waals surface area contributed by atoms with Crippen LogP contribution in [0.25, 0.3) is 0 Å². The van der Waals surface area contributed by atoms with Crippen molar-refractivity contribution in [3.8, 4) is 6.07 Å². The van der Waals surface area contributed by atoms with Crippen LogP contribution in [0.3, 0.4) is 0 Å². The first-order valence-corrected chi connectivity index (χ1v) is 9.00. The summed E-state index contributed by atoms with van der Waals surface area (Å²) in [7, 11) is 0. The van der Waals surface area contributed by atoms with Crippen molar-refractivity contribution in [3.63, 3.8) is 0 Å². The number of nitrogens with one attached hydrogen (secondary N) is 2. The van der Waals surface area contributed by atoms with E-state index in [0.717, 1.165) is 12.0 Å². The second-order valence-corrected chi connectivity index (χ2v) is 6.10. The van der Waals surface area contributed by atoms with E-state index >= 15 is 0 Å². The number of carbonyl (C=O) groups excluding carboxylic acids is 2. The Hall–Kier alpha value is -3.33. The maximum Gasteiger partial charge on any atom is 0.322 e. The van der Waals surface area contributed by atoms with E-state index in [0.29, 0.717) is 36.4 Å². The zero-order valence-corrected chi connectivity index (χ0v) is 15.7. The predicted octanol–water partition coefficient (Wildman–Crippen LogP) is 3.75. The summed E-state index contributed by atoms with van der Waals surface area (Å²) in [4.78, 5) is 26.1. The average molecular weight is 364 g/mol. The topological polar surface area (TPSA) is 85.2 Å². The summed E-state index contributed by atoms with van der Waals surface area (Å²) in [6.07, 6.45) is 0.833. The van der Waals surface area contributed by atoms with Crippen LogP contribution >= 0.6 is 0 Å². The average Bonchev–Trinajstić information content (AvgIpc) is 2.69. The van der Waals surface area contributed by atoms with Gasteiger partial charge in [-0.05, 0) is 55.3 Å². The molecule has 0 bridgehead atoms. The van der Waals surface area contributed by atoms with Crippen molar-refractivity contribution in [2.75, 3.05) is 18.4 Å². The standard InChI is InChI=1S/C21H24N4O2/c1-3-13-25(15-17-7-5-16(14-22)6-8-17)21(27)24-19-11-9-18(10-12-19)20(26)23-4-2/h5-12H,3-4,13,15H2,1-2H3,(H,23,26)(H,24,27). The molecular weight excluding hydrogens is 340 g/mol. The Kier molecular flexibility index (Phi) is 7.38. The maximum absolute atomic E-state index is 12.6.